The van der Waals surface area contributed by atoms with Crippen LogP contribution in [0.5, 0.6) is 0 Å². The van der Waals surface area contributed by atoms with Gasteiger partial charge in [-0.05, 0) is 44.7 Å². The highest BCUT2D eigenvalue weighted by molar-refractivity contribution is 5.85. The number of ether oxygens (including phenoxy) is 1. The van der Waals surface area contributed by atoms with Crippen LogP contribution in [-0.4, -0.2) is 49.7 Å². The second-order valence-corrected chi connectivity index (χ2v) is 7.69. The van der Waals surface area contributed by atoms with E-state index in [1.165, 1.54) is 12.8 Å². The molecule has 3 atom stereocenters. The summed E-state index contributed by atoms with van der Waals surface area (Å²) in [6.07, 6.45) is 6.53. The Kier molecular flexibility index (Phi) is 8.32. The minimum absolute atomic E-state index is 0. The summed E-state index contributed by atoms with van der Waals surface area (Å²) in [5, 5.41) is 3.37. The van der Waals surface area contributed by atoms with Gasteiger partial charge < -0.3 is 15.0 Å². The smallest absolute Gasteiger partial charge is 0.222 e. The molecule has 1 amide bonds. The van der Waals surface area contributed by atoms with E-state index in [0.29, 0.717) is 30.4 Å². The lowest BCUT2D eigenvalue weighted by molar-refractivity contribution is -0.165. The van der Waals surface area contributed by atoms with E-state index in [4.69, 9.17) is 4.74 Å². The summed E-state index contributed by atoms with van der Waals surface area (Å²) < 4.78 is 5.99. The fourth-order valence-corrected chi connectivity index (χ4v) is 3.81. The van der Waals surface area contributed by atoms with E-state index in [9.17, 15) is 4.79 Å². The van der Waals surface area contributed by atoms with Gasteiger partial charge >= 0.3 is 0 Å². The molecule has 2 fully saturated rings. The number of nitrogens with one attached hydrogen (secondary N) is 1. The first-order valence-corrected chi connectivity index (χ1v) is 9.04. The minimum Gasteiger partial charge on any atom is -0.378 e. The topological polar surface area (TPSA) is 41.6 Å². The fraction of sp³-hybridized carbons (Fsp3) is 0.944. The van der Waals surface area contributed by atoms with E-state index < -0.39 is 0 Å². The molecular weight excluding hydrogens is 312 g/mol. The Bertz CT molecular complexity index is 370. The Balaban J connectivity index is 0.00000264. The molecule has 0 aromatic carbocycles. The van der Waals surface area contributed by atoms with Crippen molar-refractivity contribution in [2.75, 3.05) is 26.7 Å². The van der Waals surface area contributed by atoms with E-state index >= 15 is 0 Å². The number of carbonyl (C=O) groups is 1. The summed E-state index contributed by atoms with van der Waals surface area (Å²) in [7, 11) is 1.98. The third kappa shape index (κ3) is 5.07. The largest absolute Gasteiger partial charge is 0.378 e. The molecule has 4 nitrogen and oxygen atoms in total. The molecule has 23 heavy (non-hydrogen) atoms. The maximum Gasteiger partial charge on any atom is 0.222 e. The predicted molar refractivity (Wildman–Crippen MR) is 97.1 cm³/mol. The standard InChI is InChI=1S/C18H34N2O2.ClH/c1-5-6-11-22-16-12-15(18(16,2)3)20(4)17(21)8-7-14-9-10-19-13-14;/h14-16,19H,5-13H2,1-4H3;1H. The molecule has 1 N–H and O–H groups in total. The molecular formula is C18H35ClN2O2. The second-order valence-electron chi connectivity index (χ2n) is 7.69. The lowest BCUT2D eigenvalue weighted by atomic mass is 9.63. The number of amides is 1. The molecule has 0 radical (unpaired) electrons. The van der Waals surface area contributed by atoms with Gasteiger partial charge in [0.15, 0.2) is 0 Å². The first kappa shape index (κ1) is 20.7. The van der Waals surface area contributed by atoms with Crippen molar-refractivity contribution >= 4 is 18.3 Å². The monoisotopic (exact) mass is 346 g/mol. The third-order valence-corrected chi connectivity index (χ3v) is 5.73. The number of rotatable bonds is 8. The molecule has 2 aliphatic rings. The van der Waals surface area contributed by atoms with Crippen molar-refractivity contribution in [1.82, 2.24) is 10.2 Å². The number of hydrogen-bond donors (Lipinski definition) is 1. The molecule has 1 saturated heterocycles. The highest BCUT2D eigenvalue weighted by Crippen LogP contribution is 2.45. The number of halogens is 1. The summed E-state index contributed by atoms with van der Waals surface area (Å²) in [6.45, 7) is 9.71. The zero-order chi connectivity index (χ0) is 16.2. The average molecular weight is 347 g/mol. The van der Waals surface area contributed by atoms with Gasteiger partial charge in [-0.1, -0.05) is 27.2 Å². The van der Waals surface area contributed by atoms with Crippen LogP contribution in [0.3, 0.4) is 0 Å². The van der Waals surface area contributed by atoms with Gasteiger partial charge in [0.1, 0.15) is 0 Å². The molecule has 1 aliphatic carbocycles. The van der Waals surface area contributed by atoms with Gasteiger partial charge in [-0.25, -0.2) is 0 Å². The van der Waals surface area contributed by atoms with Gasteiger partial charge in [-0.3, -0.25) is 4.79 Å². The molecule has 1 aliphatic heterocycles. The zero-order valence-corrected chi connectivity index (χ0v) is 16.1. The molecule has 3 unspecified atom stereocenters. The van der Waals surface area contributed by atoms with Crippen molar-refractivity contribution in [3.05, 3.63) is 0 Å². The van der Waals surface area contributed by atoms with E-state index in [1.54, 1.807) is 0 Å². The Morgan fingerprint density at radius 2 is 2.13 bits per heavy atom. The van der Waals surface area contributed by atoms with Crippen molar-refractivity contribution < 1.29 is 9.53 Å². The van der Waals surface area contributed by atoms with Crippen molar-refractivity contribution in [2.24, 2.45) is 11.3 Å². The third-order valence-electron chi connectivity index (χ3n) is 5.73. The van der Waals surface area contributed by atoms with Crippen molar-refractivity contribution in [3.63, 3.8) is 0 Å². The van der Waals surface area contributed by atoms with Gasteiger partial charge in [-0.15, -0.1) is 12.4 Å². The van der Waals surface area contributed by atoms with Gasteiger partial charge in [0.05, 0.1) is 6.10 Å². The van der Waals surface area contributed by atoms with Crippen molar-refractivity contribution in [3.8, 4) is 0 Å². The number of hydrogen-bond acceptors (Lipinski definition) is 3. The SMILES string of the molecule is CCCCOC1CC(N(C)C(=O)CCC2CCNC2)C1(C)C.Cl. The van der Waals surface area contributed by atoms with Crippen LogP contribution >= 0.6 is 12.4 Å². The Morgan fingerprint density at radius 3 is 2.70 bits per heavy atom. The van der Waals surface area contributed by atoms with Gasteiger partial charge in [0.2, 0.25) is 5.91 Å². The summed E-state index contributed by atoms with van der Waals surface area (Å²) in [5.41, 5.74) is 0.0765. The van der Waals surface area contributed by atoms with Crippen LogP contribution in [-0.2, 0) is 9.53 Å². The van der Waals surface area contributed by atoms with Crippen LogP contribution < -0.4 is 5.32 Å². The number of nitrogens with zero attached hydrogens (tertiary/aromatic N) is 1. The van der Waals surface area contributed by atoms with Crippen molar-refractivity contribution in [2.45, 2.75) is 71.4 Å². The predicted octanol–water partition coefficient (Wildman–Crippen LogP) is 3.24. The van der Waals surface area contributed by atoms with Crippen LogP contribution in [0.25, 0.3) is 0 Å². The number of carbonyl (C=O) groups excluding carboxylic acids is 1. The highest BCUT2D eigenvalue weighted by atomic mass is 35.5. The van der Waals surface area contributed by atoms with E-state index in [1.807, 2.05) is 11.9 Å². The van der Waals surface area contributed by atoms with E-state index in [0.717, 1.165) is 39.0 Å². The molecule has 0 bridgehead atoms. The Hall–Kier alpha value is -0.320. The Morgan fingerprint density at radius 1 is 1.39 bits per heavy atom. The summed E-state index contributed by atoms with van der Waals surface area (Å²) in [6, 6.07) is 0.327. The Labute approximate surface area is 148 Å². The highest BCUT2D eigenvalue weighted by Gasteiger charge is 2.51. The molecule has 2 rings (SSSR count). The van der Waals surface area contributed by atoms with Crippen LogP contribution in [0.15, 0.2) is 0 Å². The van der Waals surface area contributed by atoms with Crippen LogP contribution in [0.1, 0.15) is 59.3 Å². The maximum atomic E-state index is 12.5. The lowest BCUT2D eigenvalue weighted by Crippen LogP contribution is -2.62. The average Bonchev–Trinajstić information content (AvgIpc) is 3.00. The van der Waals surface area contributed by atoms with Crippen LogP contribution in [0.4, 0.5) is 0 Å². The summed E-state index contributed by atoms with van der Waals surface area (Å²) >= 11 is 0. The molecule has 0 aromatic rings. The molecule has 1 saturated carbocycles. The van der Waals surface area contributed by atoms with Gasteiger partial charge in [0, 0.05) is 31.5 Å². The minimum atomic E-state index is 0. The molecule has 0 spiro atoms. The fourth-order valence-electron chi connectivity index (χ4n) is 3.81. The first-order valence-electron chi connectivity index (χ1n) is 9.04. The lowest BCUT2D eigenvalue weighted by Gasteiger charge is -2.55. The molecule has 5 heteroatoms. The number of unbranched alkanes of at least 4 members (excludes halogenated alkanes) is 1. The van der Waals surface area contributed by atoms with Gasteiger partial charge in [0.25, 0.3) is 0 Å². The summed E-state index contributed by atoms with van der Waals surface area (Å²) in [5.74, 6) is 0.994. The first-order chi connectivity index (χ1) is 10.5. The van der Waals surface area contributed by atoms with Gasteiger partial charge in [-0.2, -0.15) is 0 Å². The maximum absolute atomic E-state index is 12.5. The quantitative estimate of drug-likeness (QED) is 0.686. The second kappa shape index (κ2) is 9.24. The van der Waals surface area contributed by atoms with E-state index in [-0.39, 0.29) is 17.8 Å². The zero-order valence-electron chi connectivity index (χ0n) is 15.3. The normalized spacial score (nSPS) is 28.8. The molecule has 0 aromatic heterocycles. The molecule has 1 heterocycles. The summed E-state index contributed by atoms with van der Waals surface area (Å²) in [4.78, 5) is 14.4. The van der Waals surface area contributed by atoms with Crippen molar-refractivity contribution in [1.29, 1.82) is 0 Å². The van der Waals surface area contributed by atoms with Crippen LogP contribution in [0.2, 0.25) is 0 Å². The van der Waals surface area contributed by atoms with E-state index in [2.05, 4.69) is 26.1 Å². The molecule has 136 valence electrons. The van der Waals surface area contributed by atoms with Crippen LogP contribution in [0, 0.1) is 11.3 Å².